The molecule has 1 heterocycles. The average Bonchev–Trinajstić information content (AvgIpc) is 2.39. The summed E-state index contributed by atoms with van der Waals surface area (Å²) in [5.41, 5.74) is 1.02. The summed E-state index contributed by atoms with van der Waals surface area (Å²) in [7, 11) is 1.63. The lowest BCUT2D eigenvalue weighted by Crippen LogP contribution is -2.43. The molecule has 1 aromatic rings. The third-order valence-electron chi connectivity index (χ3n) is 3.35. The predicted molar refractivity (Wildman–Crippen MR) is 69.0 cm³/mol. The fourth-order valence-electron chi connectivity index (χ4n) is 2.22. The minimum absolute atomic E-state index is 0.0433. The first-order chi connectivity index (χ1) is 8.61. The highest BCUT2D eigenvalue weighted by atomic mass is 16.5. The average molecular weight is 247 g/mol. The van der Waals surface area contributed by atoms with Crippen LogP contribution in [0, 0.1) is 5.92 Å². The van der Waals surface area contributed by atoms with E-state index in [0.29, 0.717) is 19.5 Å². The van der Waals surface area contributed by atoms with Crippen molar-refractivity contribution < 1.29 is 14.3 Å². The highest BCUT2D eigenvalue weighted by Crippen LogP contribution is 2.24. The molecule has 0 radical (unpaired) electrons. The topological polar surface area (TPSA) is 46.6 Å². The molecule has 0 aromatic heterocycles. The van der Waals surface area contributed by atoms with E-state index in [-0.39, 0.29) is 11.6 Å². The highest BCUT2D eigenvalue weighted by Gasteiger charge is 2.30. The highest BCUT2D eigenvalue weighted by molar-refractivity contribution is 6.02. The van der Waals surface area contributed by atoms with Gasteiger partial charge in [0.25, 0.3) is 0 Å². The molecule has 0 amide bonds. The Morgan fingerprint density at radius 3 is 2.56 bits per heavy atom. The molecule has 0 aliphatic carbocycles. The van der Waals surface area contributed by atoms with Crippen molar-refractivity contribution in [2.75, 3.05) is 25.1 Å². The van der Waals surface area contributed by atoms with Crippen LogP contribution in [-0.4, -0.2) is 31.8 Å². The first-order valence-electron chi connectivity index (χ1n) is 6.04. The first-order valence-corrected chi connectivity index (χ1v) is 6.04. The van der Waals surface area contributed by atoms with Gasteiger partial charge in [-0.25, -0.2) is 0 Å². The van der Waals surface area contributed by atoms with Crippen LogP contribution in [0.4, 0.5) is 5.69 Å². The summed E-state index contributed by atoms with van der Waals surface area (Å²) in [6.07, 6.45) is 0.441. The number of carbonyl (C=O) groups excluding carboxylic acids is 2. The number of benzene rings is 1. The Labute approximate surface area is 107 Å². The lowest BCUT2D eigenvalue weighted by atomic mass is 9.93. The Hall–Kier alpha value is -1.84. The second-order valence-corrected chi connectivity index (χ2v) is 4.52. The summed E-state index contributed by atoms with van der Waals surface area (Å²) >= 11 is 0. The summed E-state index contributed by atoms with van der Waals surface area (Å²) in [5, 5.41) is 0. The number of nitrogens with zero attached hydrogens (tertiary/aromatic N) is 1. The third kappa shape index (κ3) is 2.53. The summed E-state index contributed by atoms with van der Waals surface area (Å²) < 4.78 is 5.11. The van der Waals surface area contributed by atoms with Crippen molar-refractivity contribution in [2.24, 2.45) is 5.92 Å². The van der Waals surface area contributed by atoms with Gasteiger partial charge in [-0.05, 0) is 31.2 Å². The summed E-state index contributed by atoms with van der Waals surface area (Å²) in [5.74, 6) is 0.348. The van der Waals surface area contributed by atoms with E-state index in [2.05, 4.69) is 4.90 Å². The fourth-order valence-corrected chi connectivity index (χ4v) is 2.22. The standard InChI is InChI=1S/C14H17NO3/c1-10(16)13-9-15(8-7-14(13)17)11-3-5-12(18-2)6-4-11/h3-6,13H,7-9H2,1-2H3. The number of ether oxygens (including phenoxy) is 1. The molecule has 1 fully saturated rings. The van der Waals surface area contributed by atoms with Crippen molar-refractivity contribution in [3.8, 4) is 5.75 Å². The minimum Gasteiger partial charge on any atom is -0.497 e. The molecule has 1 aromatic carbocycles. The summed E-state index contributed by atoms with van der Waals surface area (Å²) in [4.78, 5) is 25.1. The zero-order chi connectivity index (χ0) is 13.1. The molecule has 18 heavy (non-hydrogen) atoms. The molecule has 0 saturated carbocycles. The number of methoxy groups -OCH3 is 1. The van der Waals surface area contributed by atoms with Crippen LogP contribution in [0.25, 0.3) is 0 Å². The van der Waals surface area contributed by atoms with E-state index >= 15 is 0 Å². The van der Waals surface area contributed by atoms with E-state index in [4.69, 9.17) is 4.74 Å². The molecule has 1 aliphatic rings. The molecule has 1 atom stereocenters. The van der Waals surface area contributed by atoms with Crippen LogP contribution in [0.1, 0.15) is 13.3 Å². The maximum Gasteiger partial charge on any atom is 0.146 e. The lowest BCUT2D eigenvalue weighted by Gasteiger charge is -2.32. The third-order valence-corrected chi connectivity index (χ3v) is 3.35. The predicted octanol–water partition coefficient (Wildman–Crippen LogP) is 1.68. The number of carbonyl (C=O) groups is 2. The molecule has 96 valence electrons. The molecule has 0 spiro atoms. The monoisotopic (exact) mass is 247 g/mol. The van der Waals surface area contributed by atoms with Crippen molar-refractivity contribution in [1.29, 1.82) is 0 Å². The second-order valence-electron chi connectivity index (χ2n) is 4.52. The van der Waals surface area contributed by atoms with Crippen LogP contribution in [0.15, 0.2) is 24.3 Å². The number of rotatable bonds is 3. The fraction of sp³-hybridized carbons (Fsp3) is 0.429. The van der Waals surface area contributed by atoms with Gasteiger partial charge in [0, 0.05) is 25.2 Å². The summed E-state index contributed by atoms with van der Waals surface area (Å²) in [6, 6.07) is 7.67. The van der Waals surface area contributed by atoms with Crippen molar-refractivity contribution in [3.05, 3.63) is 24.3 Å². The van der Waals surface area contributed by atoms with Crippen LogP contribution in [0.5, 0.6) is 5.75 Å². The molecule has 4 heteroatoms. The molecular formula is C14H17NO3. The molecule has 2 rings (SSSR count). The largest absolute Gasteiger partial charge is 0.497 e. The number of hydrogen-bond donors (Lipinski definition) is 0. The number of piperidine rings is 1. The van der Waals surface area contributed by atoms with Crippen molar-refractivity contribution in [2.45, 2.75) is 13.3 Å². The number of hydrogen-bond acceptors (Lipinski definition) is 4. The van der Waals surface area contributed by atoms with Crippen molar-refractivity contribution in [1.82, 2.24) is 0 Å². The Morgan fingerprint density at radius 1 is 1.33 bits per heavy atom. The normalized spacial score (nSPS) is 19.8. The molecule has 0 bridgehead atoms. The van der Waals surface area contributed by atoms with Gasteiger partial charge < -0.3 is 9.64 Å². The van der Waals surface area contributed by atoms with Crippen LogP contribution < -0.4 is 9.64 Å². The molecule has 4 nitrogen and oxygen atoms in total. The van der Waals surface area contributed by atoms with Crippen molar-refractivity contribution in [3.63, 3.8) is 0 Å². The van der Waals surface area contributed by atoms with Gasteiger partial charge in [-0.1, -0.05) is 0 Å². The van der Waals surface area contributed by atoms with E-state index in [9.17, 15) is 9.59 Å². The van der Waals surface area contributed by atoms with Gasteiger partial charge in [0.1, 0.15) is 17.3 Å². The van der Waals surface area contributed by atoms with E-state index in [1.54, 1.807) is 7.11 Å². The SMILES string of the molecule is COc1ccc(N2CCC(=O)C(C(C)=O)C2)cc1. The van der Waals surface area contributed by atoms with E-state index in [0.717, 1.165) is 11.4 Å². The van der Waals surface area contributed by atoms with Gasteiger partial charge in [-0.3, -0.25) is 9.59 Å². The minimum atomic E-state index is -0.471. The van der Waals surface area contributed by atoms with Crippen LogP contribution in [0.2, 0.25) is 0 Å². The number of anilines is 1. The first kappa shape index (κ1) is 12.6. The molecular weight excluding hydrogens is 230 g/mol. The Balaban J connectivity index is 2.13. The van der Waals surface area contributed by atoms with Gasteiger partial charge in [-0.15, -0.1) is 0 Å². The van der Waals surface area contributed by atoms with Gasteiger partial charge in [0.2, 0.25) is 0 Å². The zero-order valence-corrected chi connectivity index (χ0v) is 10.7. The van der Waals surface area contributed by atoms with Gasteiger partial charge in [-0.2, -0.15) is 0 Å². The Kier molecular flexibility index (Phi) is 3.65. The Bertz CT molecular complexity index is 453. The van der Waals surface area contributed by atoms with Gasteiger partial charge in [0.05, 0.1) is 13.0 Å². The van der Waals surface area contributed by atoms with Crippen LogP contribution in [-0.2, 0) is 9.59 Å². The van der Waals surface area contributed by atoms with Gasteiger partial charge >= 0.3 is 0 Å². The Morgan fingerprint density at radius 2 is 2.00 bits per heavy atom. The maximum atomic E-state index is 11.6. The van der Waals surface area contributed by atoms with Crippen LogP contribution in [0.3, 0.4) is 0 Å². The molecule has 1 unspecified atom stereocenters. The lowest BCUT2D eigenvalue weighted by molar-refractivity contribution is -0.131. The van der Waals surface area contributed by atoms with Gasteiger partial charge in [0.15, 0.2) is 0 Å². The number of ketones is 2. The maximum absolute atomic E-state index is 11.6. The molecule has 0 N–H and O–H groups in total. The molecule has 1 saturated heterocycles. The second kappa shape index (κ2) is 5.21. The smallest absolute Gasteiger partial charge is 0.146 e. The quantitative estimate of drug-likeness (QED) is 0.762. The van der Waals surface area contributed by atoms with E-state index < -0.39 is 5.92 Å². The molecule has 1 aliphatic heterocycles. The number of Topliss-reactive ketones (excluding diaryl/α,β-unsaturated/α-hetero) is 2. The van der Waals surface area contributed by atoms with E-state index in [1.165, 1.54) is 6.92 Å². The summed E-state index contributed by atoms with van der Waals surface area (Å²) in [6.45, 7) is 2.65. The van der Waals surface area contributed by atoms with Crippen molar-refractivity contribution >= 4 is 17.3 Å². The van der Waals surface area contributed by atoms with Crippen LogP contribution >= 0.6 is 0 Å². The van der Waals surface area contributed by atoms with E-state index in [1.807, 2.05) is 24.3 Å². The zero-order valence-electron chi connectivity index (χ0n) is 10.7.